The van der Waals surface area contributed by atoms with E-state index in [0.717, 1.165) is 60.6 Å². The lowest BCUT2D eigenvalue weighted by Gasteiger charge is -2.22. The Morgan fingerprint density at radius 3 is 2.44 bits per heavy atom. The van der Waals surface area contributed by atoms with E-state index in [2.05, 4.69) is 10.3 Å². The first-order chi connectivity index (χ1) is 13.0. The second-order valence-corrected chi connectivity index (χ2v) is 8.05. The molecule has 1 aliphatic rings. The second kappa shape index (κ2) is 6.94. The van der Waals surface area contributed by atoms with E-state index in [0.29, 0.717) is 5.92 Å². The maximum absolute atomic E-state index is 13.8. The summed E-state index contributed by atoms with van der Waals surface area (Å²) in [6, 6.07) is 7.61. The Morgan fingerprint density at radius 2 is 1.74 bits per heavy atom. The molecule has 2 N–H and O–H groups in total. The smallest absolute Gasteiger partial charge is 0.345 e. The highest BCUT2D eigenvalue weighted by molar-refractivity contribution is 7.87. The van der Waals surface area contributed by atoms with Gasteiger partial charge in [-0.1, -0.05) is 6.07 Å². The Kier molecular flexibility index (Phi) is 4.61. The molecule has 4 rings (SSSR count). The molecule has 2 aromatic carbocycles. The molecular formula is C19H18F2N2O3S. The number of piperidine rings is 1. The number of H-pyrrole nitrogens is 1. The molecule has 0 unspecified atom stereocenters. The molecule has 0 spiro atoms. The first-order valence-electron chi connectivity index (χ1n) is 8.66. The average molecular weight is 392 g/mol. The summed E-state index contributed by atoms with van der Waals surface area (Å²) < 4.78 is 57.5. The lowest BCUT2D eigenvalue weighted by Crippen LogP contribution is -2.26. The predicted molar refractivity (Wildman–Crippen MR) is 97.3 cm³/mol. The highest BCUT2D eigenvalue weighted by Crippen LogP contribution is 2.34. The van der Waals surface area contributed by atoms with Crippen molar-refractivity contribution < 1.29 is 21.4 Å². The standard InChI is InChI=1S/C19H18F2N2O3S/c20-16-2-1-3-17(21)19(16)27(24,25)26-13-4-5-18-14(10-13)15(11-23-18)12-6-8-22-9-7-12/h1-5,10-12,22-23H,6-9H2. The number of aromatic amines is 1. The first kappa shape index (κ1) is 17.9. The molecule has 0 radical (unpaired) electrons. The number of benzene rings is 2. The van der Waals surface area contributed by atoms with E-state index >= 15 is 0 Å². The van der Waals surface area contributed by atoms with Gasteiger partial charge in [-0.3, -0.25) is 0 Å². The van der Waals surface area contributed by atoms with Crippen molar-refractivity contribution in [3.8, 4) is 5.75 Å². The Bertz CT molecular complexity index is 1070. The van der Waals surface area contributed by atoms with E-state index in [4.69, 9.17) is 4.18 Å². The maximum atomic E-state index is 13.8. The van der Waals surface area contributed by atoms with Crippen LogP contribution in [0.5, 0.6) is 5.75 Å². The van der Waals surface area contributed by atoms with Gasteiger partial charge in [-0.15, -0.1) is 0 Å². The molecule has 0 atom stereocenters. The summed E-state index contributed by atoms with van der Waals surface area (Å²) in [6.45, 7) is 1.85. The zero-order chi connectivity index (χ0) is 19.0. The van der Waals surface area contributed by atoms with Crippen molar-refractivity contribution in [1.82, 2.24) is 10.3 Å². The molecule has 3 aromatic rings. The van der Waals surface area contributed by atoms with Crippen LogP contribution in [-0.2, 0) is 10.1 Å². The second-order valence-electron chi connectivity index (χ2n) is 6.56. The molecule has 1 aromatic heterocycles. The van der Waals surface area contributed by atoms with Gasteiger partial charge in [0.15, 0.2) is 4.90 Å². The summed E-state index contributed by atoms with van der Waals surface area (Å²) >= 11 is 0. The fourth-order valence-corrected chi connectivity index (χ4v) is 4.59. The van der Waals surface area contributed by atoms with Crippen LogP contribution < -0.4 is 9.50 Å². The summed E-state index contributed by atoms with van der Waals surface area (Å²) in [7, 11) is -4.63. The van der Waals surface area contributed by atoms with Gasteiger partial charge in [0.25, 0.3) is 0 Å². The van der Waals surface area contributed by atoms with Gasteiger partial charge < -0.3 is 14.5 Å². The van der Waals surface area contributed by atoms with Crippen LogP contribution in [0.15, 0.2) is 47.5 Å². The molecule has 2 heterocycles. The van der Waals surface area contributed by atoms with Crippen LogP contribution >= 0.6 is 0 Å². The molecule has 0 saturated carbocycles. The number of hydrogen-bond donors (Lipinski definition) is 2. The third kappa shape index (κ3) is 3.42. The Balaban J connectivity index is 1.70. The van der Waals surface area contributed by atoms with Gasteiger partial charge in [-0.05, 0) is 67.7 Å². The van der Waals surface area contributed by atoms with E-state index in [9.17, 15) is 17.2 Å². The topological polar surface area (TPSA) is 71.2 Å². The molecule has 142 valence electrons. The van der Waals surface area contributed by atoms with Crippen LogP contribution in [0.1, 0.15) is 24.3 Å². The van der Waals surface area contributed by atoms with Gasteiger partial charge >= 0.3 is 10.1 Å². The minimum atomic E-state index is -4.63. The van der Waals surface area contributed by atoms with Gasteiger partial charge in [0.2, 0.25) is 0 Å². The van der Waals surface area contributed by atoms with Crippen molar-refractivity contribution >= 4 is 21.0 Å². The predicted octanol–water partition coefficient (Wildman–Crippen LogP) is 3.68. The maximum Gasteiger partial charge on any atom is 0.345 e. The number of aromatic nitrogens is 1. The Morgan fingerprint density at radius 1 is 1.04 bits per heavy atom. The van der Waals surface area contributed by atoms with Crippen molar-refractivity contribution in [2.45, 2.75) is 23.7 Å². The van der Waals surface area contributed by atoms with Crippen molar-refractivity contribution in [3.63, 3.8) is 0 Å². The van der Waals surface area contributed by atoms with Crippen molar-refractivity contribution in [3.05, 3.63) is 59.8 Å². The van der Waals surface area contributed by atoms with E-state index in [1.807, 2.05) is 6.20 Å². The molecule has 8 heteroatoms. The van der Waals surface area contributed by atoms with Crippen LogP contribution in [0.4, 0.5) is 8.78 Å². The van der Waals surface area contributed by atoms with Crippen LogP contribution in [0.3, 0.4) is 0 Å². The molecule has 5 nitrogen and oxygen atoms in total. The minimum absolute atomic E-state index is 0.0138. The Hall–Kier alpha value is -2.45. The average Bonchev–Trinajstić information content (AvgIpc) is 3.05. The fraction of sp³-hybridized carbons (Fsp3) is 0.263. The van der Waals surface area contributed by atoms with E-state index in [1.54, 1.807) is 12.1 Å². The Labute approximate surface area is 155 Å². The third-order valence-electron chi connectivity index (χ3n) is 4.84. The lowest BCUT2D eigenvalue weighted by molar-refractivity contribution is 0.459. The summed E-state index contributed by atoms with van der Waals surface area (Å²) in [5.74, 6) is -2.00. The van der Waals surface area contributed by atoms with Crippen LogP contribution in [0.2, 0.25) is 0 Å². The van der Waals surface area contributed by atoms with Gasteiger partial charge in [0, 0.05) is 17.1 Å². The number of halogens is 2. The summed E-state index contributed by atoms with van der Waals surface area (Å²) in [5.41, 5.74) is 1.94. The van der Waals surface area contributed by atoms with E-state index < -0.39 is 26.6 Å². The van der Waals surface area contributed by atoms with Crippen molar-refractivity contribution in [2.75, 3.05) is 13.1 Å². The molecule has 1 fully saturated rings. The first-order valence-corrected chi connectivity index (χ1v) is 10.1. The van der Waals surface area contributed by atoms with E-state index in [-0.39, 0.29) is 5.75 Å². The normalized spacial score (nSPS) is 15.9. The van der Waals surface area contributed by atoms with Crippen LogP contribution in [0.25, 0.3) is 10.9 Å². The zero-order valence-electron chi connectivity index (χ0n) is 14.3. The fourth-order valence-electron chi connectivity index (χ4n) is 3.53. The molecule has 0 aliphatic carbocycles. The van der Waals surface area contributed by atoms with E-state index in [1.165, 1.54) is 6.07 Å². The van der Waals surface area contributed by atoms with Crippen LogP contribution in [-0.4, -0.2) is 26.5 Å². The molecule has 1 saturated heterocycles. The molecule has 1 aliphatic heterocycles. The zero-order valence-corrected chi connectivity index (χ0v) is 15.2. The summed E-state index contributed by atoms with van der Waals surface area (Å²) in [6.07, 6.45) is 3.89. The number of nitrogens with one attached hydrogen (secondary N) is 2. The number of fused-ring (bicyclic) bond motifs is 1. The van der Waals surface area contributed by atoms with Crippen molar-refractivity contribution in [2.24, 2.45) is 0 Å². The van der Waals surface area contributed by atoms with Gasteiger partial charge in [-0.2, -0.15) is 8.42 Å². The quantitative estimate of drug-likeness (QED) is 0.665. The highest BCUT2D eigenvalue weighted by atomic mass is 32.2. The molecule has 27 heavy (non-hydrogen) atoms. The minimum Gasteiger partial charge on any atom is -0.379 e. The van der Waals surface area contributed by atoms with Crippen LogP contribution in [0, 0.1) is 11.6 Å². The van der Waals surface area contributed by atoms with Gasteiger partial charge in [-0.25, -0.2) is 8.78 Å². The molecule has 0 bridgehead atoms. The van der Waals surface area contributed by atoms with Gasteiger partial charge in [0.1, 0.15) is 17.4 Å². The van der Waals surface area contributed by atoms with Crippen molar-refractivity contribution in [1.29, 1.82) is 0 Å². The number of hydrogen-bond acceptors (Lipinski definition) is 4. The summed E-state index contributed by atoms with van der Waals surface area (Å²) in [4.78, 5) is 2.09. The molecule has 0 amide bonds. The largest absolute Gasteiger partial charge is 0.379 e. The number of rotatable bonds is 4. The molecular weight excluding hydrogens is 374 g/mol. The monoisotopic (exact) mass is 392 g/mol. The SMILES string of the molecule is O=S(=O)(Oc1ccc2[nH]cc(C3CCNCC3)c2c1)c1c(F)cccc1F. The van der Waals surface area contributed by atoms with Gasteiger partial charge in [0.05, 0.1) is 0 Å². The summed E-state index contributed by atoms with van der Waals surface area (Å²) in [5, 5.41) is 4.16. The lowest BCUT2D eigenvalue weighted by atomic mass is 9.90. The third-order valence-corrected chi connectivity index (χ3v) is 6.14. The highest BCUT2D eigenvalue weighted by Gasteiger charge is 2.26.